The minimum absolute atomic E-state index is 0.102. The molecule has 0 spiro atoms. The van der Waals surface area contributed by atoms with Gasteiger partial charge in [-0.3, -0.25) is 4.79 Å². The first-order valence-electron chi connectivity index (χ1n) is 12.2. The second kappa shape index (κ2) is 10.2. The molecule has 0 fully saturated rings. The van der Waals surface area contributed by atoms with Crippen LogP contribution in [0.1, 0.15) is 53.8 Å². The van der Waals surface area contributed by atoms with E-state index in [-0.39, 0.29) is 11.3 Å². The highest BCUT2D eigenvalue weighted by Gasteiger charge is 2.33. The maximum atomic E-state index is 13.5. The number of carbonyl (C=O) groups excluding carboxylic acids is 1. The molecule has 5 rings (SSSR count). The van der Waals surface area contributed by atoms with Gasteiger partial charge in [0.15, 0.2) is 0 Å². The van der Waals surface area contributed by atoms with Crippen molar-refractivity contribution >= 4 is 50.1 Å². The lowest BCUT2D eigenvalue weighted by Crippen LogP contribution is -2.27. The molecule has 0 aliphatic heterocycles. The normalized spacial score (nSPS) is 15.7. The van der Waals surface area contributed by atoms with Crippen molar-refractivity contribution in [1.29, 1.82) is 0 Å². The molecular formula is C30H29BrN2O2S. The van der Waals surface area contributed by atoms with E-state index in [9.17, 15) is 4.79 Å². The van der Waals surface area contributed by atoms with E-state index in [4.69, 9.17) is 9.41 Å². The minimum atomic E-state index is -0.102. The first-order chi connectivity index (χ1) is 17.3. The summed E-state index contributed by atoms with van der Waals surface area (Å²) in [5, 5.41) is 3.81. The van der Waals surface area contributed by atoms with Crippen molar-refractivity contribution in [2.75, 3.05) is 5.32 Å². The number of nitrogens with one attached hydrogen (secondary N) is 1. The molecule has 0 unspecified atom stereocenters. The van der Waals surface area contributed by atoms with Crippen LogP contribution in [-0.4, -0.2) is 12.1 Å². The van der Waals surface area contributed by atoms with Crippen LogP contribution < -0.4 is 5.32 Å². The molecule has 1 amide bonds. The summed E-state index contributed by atoms with van der Waals surface area (Å²) in [4.78, 5) is 19.5. The molecule has 36 heavy (non-hydrogen) atoms. The van der Waals surface area contributed by atoms with E-state index in [1.54, 1.807) is 17.6 Å². The standard InChI is InChI=1S/C30H29BrN2O2S/c1-30(2,3)20-11-15-24-26(17-20)36-29(27(24)28(34)33-22-7-5-4-6-8-22)32-18-23-14-16-25(35-23)19-9-12-21(31)13-10-19/h4-10,12-14,16,18,20H,11,15,17H2,1-3H3,(H,33,34)/t20-/m1/s1. The molecular weight excluding hydrogens is 532 g/mol. The third-order valence-electron chi connectivity index (χ3n) is 6.79. The SMILES string of the molecule is CC(C)(C)[C@@H]1CCc2c(sc(N=Cc3ccc(-c4ccc(Br)cc4)o3)c2C(=O)Nc2ccccc2)C1. The summed E-state index contributed by atoms with van der Waals surface area (Å²) in [6.45, 7) is 6.91. The van der Waals surface area contributed by atoms with Crippen molar-refractivity contribution in [2.24, 2.45) is 16.3 Å². The second-order valence-corrected chi connectivity index (χ2v) is 12.3. The van der Waals surface area contributed by atoms with Gasteiger partial charge in [0, 0.05) is 20.6 Å². The smallest absolute Gasteiger partial charge is 0.259 e. The third kappa shape index (κ3) is 5.40. The van der Waals surface area contributed by atoms with E-state index in [0.717, 1.165) is 51.3 Å². The molecule has 1 N–H and O–H groups in total. The Morgan fingerprint density at radius 3 is 2.56 bits per heavy atom. The number of furan rings is 1. The Hall–Kier alpha value is -2.96. The van der Waals surface area contributed by atoms with E-state index in [0.29, 0.717) is 17.2 Å². The number of hydrogen-bond acceptors (Lipinski definition) is 4. The van der Waals surface area contributed by atoms with Crippen LogP contribution in [0.4, 0.5) is 10.7 Å². The Morgan fingerprint density at radius 2 is 1.83 bits per heavy atom. The monoisotopic (exact) mass is 560 g/mol. The highest BCUT2D eigenvalue weighted by molar-refractivity contribution is 9.10. The molecule has 1 atom stereocenters. The quantitative estimate of drug-likeness (QED) is 0.247. The fourth-order valence-electron chi connectivity index (χ4n) is 4.66. The van der Waals surface area contributed by atoms with Crippen molar-refractivity contribution in [3.63, 3.8) is 0 Å². The fourth-order valence-corrected chi connectivity index (χ4v) is 6.20. The van der Waals surface area contributed by atoms with E-state index < -0.39 is 0 Å². The van der Waals surface area contributed by atoms with Crippen LogP contribution in [-0.2, 0) is 12.8 Å². The minimum Gasteiger partial charge on any atom is -0.455 e. The van der Waals surface area contributed by atoms with E-state index >= 15 is 0 Å². The molecule has 1 aliphatic rings. The zero-order valence-corrected chi connectivity index (χ0v) is 23.1. The Kier molecular flexibility index (Phi) is 7.00. The maximum Gasteiger partial charge on any atom is 0.259 e. The second-order valence-electron chi connectivity index (χ2n) is 10.3. The summed E-state index contributed by atoms with van der Waals surface area (Å²) < 4.78 is 7.05. The van der Waals surface area contributed by atoms with Gasteiger partial charge in [-0.2, -0.15) is 0 Å². The zero-order chi connectivity index (χ0) is 25.3. The van der Waals surface area contributed by atoms with Gasteiger partial charge in [-0.05, 0) is 72.6 Å². The average Bonchev–Trinajstić information content (AvgIpc) is 3.47. The first-order valence-corrected chi connectivity index (χ1v) is 13.8. The third-order valence-corrected chi connectivity index (χ3v) is 8.49. The fraction of sp³-hybridized carbons (Fsp3) is 0.267. The van der Waals surface area contributed by atoms with Crippen LogP contribution in [0.15, 0.2) is 80.6 Å². The average molecular weight is 562 g/mol. The lowest BCUT2D eigenvalue weighted by Gasteiger charge is -2.33. The van der Waals surface area contributed by atoms with Crippen molar-refractivity contribution in [3.8, 4) is 11.3 Å². The summed E-state index contributed by atoms with van der Waals surface area (Å²) in [5.74, 6) is 1.92. The Labute approximate surface area is 224 Å². The molecule has 4 aromatic rings. The van der Waals surface area contributed by atoms with Gasteiger partial charge in [0.1, 0.15) is 16.5 Å². The largest absolute Gasteiger partial charge is 0.455 e. The molecule has 184 valence electrons. The molecule has 4 nitrogen and oxygen atoms in total. The predicted molar refractivity (Wildman–Crippen MR) is 153 cm³/mol. The number of amides is 1. The highest BCUT2D eigenvalue weighted by atomic mass is 79.9. The van der Waals surface area contributed by atoms with Crippen molar-refractivity contribution in [1.82, 2.24) is 0 Å². The highest BCUT2D eigenvalue weighted by Crippen LogP contribution is 2.45. The number of nitrogens with zero attached hydrogens (tertiary/aromatic N) is 1. The summed E-state index contributed by atoms with van der Waals surface area (Å²) in [6.07, 6.45) is 4.69. The van der Waals surface area contributed by atoms with E-state index in [1.165, 1.54) is 4.88 Å². The number of carbonyl (C=O) groups is 1. The van der Waals surface area contributed by atoms with Crippen LogP contribution in [0.3, 0.4) is 0 Å². The van der Waals surface area contributed by atoms with Gasteiger partial charge in [0.05, 0.1) is 11.8 Å². The molecule has 1 aliphatic carbocycles. The van der Waals surface area contributed by atoms with Gasteiger partial charge in [-0.15, -0.1) is 11.3 Å². The Bertz CT molecular complexity index is 1400. The Morgan fingerprint density at radius 1 is 1.08 bits per heavy atom. The molecule has 0 bridgehead atoms. The van der Waals surface area contributed by atoms with E-state index in [2.05, 4.69) is 42.0 Å². The molecule has 0 saturated carbocycles. The van der Waals surface area contributed by atoms with Crippen LogP contribution in [0, 0.1) is 11.3 Å². The molecule has 0 saturated heterocycles. The number of para-hydroxylation sites is 1. The number of aliphatic imine (C=N–C) groups is 1. The maximum absolute atomic E-state index is 13.5. The molecule has 2 heterocycles. The summed E-state index contributed by atoms with van der Waals surface area (Å²) >= 11 is 5.11. The van der Waals surface area contributed by atoms with Gasteiger partial charge in [0.2, 0.25) is 0 Å². The summed E-state index contributed by atoms with van der Waals surface area (Å²) in [7, 11) is 0. The summed E-state index contributed by atoms with van der Waals surface area (Å²) in [5.41, 5.74) is 3.86. The van der Waals surface area contributed by atoms with Crippen LogP contribution in [0.5, 0.6) is 0 Å². The number of anilines is 1. The van der Waals surface area contributed by atoms with Gasteiger partial charge in [-0.1, -0.05) is 67.0 Å². The lowest BCUT2D eigenvalue weighted by molar-refractivity contribution is 0.102. The predicted octanol–water partition coefficient (Wildman–Crippen LogP) is 8.92. The van der Waals surface area contributed by atoms with Crippen molar-refractivity contribution < 1.29 is 9.21 Å². The van der Waals surface area contributed by atoms with Gasteiger partial charge in [-0.25, -0.2) is 4.99 Å². The van der Waals surface area contributed by atoms with E-state index in [1.807, 2.05) is 66.7 Å². The first kappa shape index (κ1) is 24.7. The Balaban J connectivity index is 1.46. The number of halogens is 1. The molecule has 2 aromatic heterocycles. The van der Waals surface area contributed by atoms with Crippen LogP contribution in [0.25, 0.3) is 11.3 Å². The number of benzene rings is 2. The number of fused-ring (bicyclic) bond motifs is 1. The number of hydrogen-bond donors (Lipinski definition) is 1. The van der Waals surface area contributed by atoms with Gasteiger partial charge < -0.3 is 9.73 Å². The number of rotatable bonds is 5. The van der Waals surface area contributed by atoms with Crippen LogP contribution in [0.2, 0.25) is 0 Å². The van der Waals surface area contributed by atoms with Crippen molar-refractivity contribution in [3.05, 3.63) is 93.0 Å². The lowest BCUT2D eigenvalue weighted by atomic mass is 9.72. The van der Waals surface area contributed by atoms with Gasteiger partial charge in [0.25, 0.3) is 5.91 Å². The number of thiophene rings is 1. The molecule has 6 heteroatoms. The molecule has 0 radical (unpaired) electrons. The molecule has 2 aromatic carbocycles. The topological polar surface area (TPSA) is 54.6 Å². The van der Waals surface area contributed by atoms with Crippen LogP contribution >= 0.6 is 27.3 Å². The van der Waals surface area contributed by atoms with Gasteiger partial charge >= 0.3 is 0 Å². The summed E-state index contributed by atoms with van der Waals surface area (Å²) in [6, 6.07) is 21.4. The zero-order valence-electron chi connectivity index (χ0n) is 20.7. The van der Waals surface area contributed by atoms with Crippen molar-refractivity contribution in [2.45, 2.75) is 40.0 Å².